The summed E-state index contributed by atoms with van der Waals surface area (Å²) in [5, 5.41) is 12.5. The lowest BCUT2D eigenvalue weighted by Crippen LogP contribution is -2.12. The number of aromatic hydroxyl groups is 1. The van der Waals surface area contributed by atoms with Gasteiger partial charge in [-0.2, -0.15) is 0 Å². The molecule has 18 heavy (non-hydrogen) atoms. The topological polar surface area (TPSA) is 49.3 Å². The molecule has 3 nitrogen and oxygen atoms in total. The highest BCUT2D eigenvalue weighted by molar-refractivity contribution is 6.40. The van der Waals surface area contributed by atoms with Crippen molar-refractivity contribution >= 4 is 34.8 Å². The molecular formula is C13H9Cl2NO2. The minimum atomic E-state index is -0.420. The Kier molecular flexibility index (Phi) is 3.75. The Morgan fingerprint density at radius 3 is 2.28 bits per heavy atom. The molecule has 0 saturated heterocycles. The summed E-state index contributed by atoms with van der Waals surface area (Å²) in [6.07, 6.45) is 0. The van der Waals surface area contributed by atoms with Gasteiger partial charge in [-0.05, 0) is 24.3 Å². The van der Waals surface area contributed by atoms with Gasteiger partial charge in [0.25, 0.3) is 5.91 Å². The number of carbonyl (C=O) groups is 1. The number of rotatable bonds is 2. The van der Waals surface area contributed by atoms with Crippen LogP contribution in [-0.2, 0) is 0 Å². The second kappa shape index (κ2) is 5.29. The van der Waals surface area contributed by atoms with Crippen LogP contribution in [0.1, 0.15) is 10.4 Å². The first-order chi connectivity index (χ1) is 8.58. The molecule has 0 fully saturated rings. The van der Waals surface area contributed by atoms with E-state index >= 15 is 0 Å². The Bertz CT molecular complexity index is 579. The number of anilines is 1. The van der Waals surface area contributed by atoms with Crippen LogP contribution >= 0.6 is 23.2 Å². The van der Waals surface area contributed by atoms with Gasteiger partial charge >= 0.3 is 0 Å². The average molecular weight is 282 g/mol. The summed E-state index contributed by atoms with van der Waals surface area (Å²) in [5.41, 5.74) is 0.681. The number of halogens is 2. The van der Waals surface area contributed by atoms with Crippen molar-refractivity contribution in [3.63, 3.8) is 0 Å². The van der Waals surface area contributed by atoms with Gasteiger partial charge in [0.2, 0.25) is 0 Å². The zero-order valence-electron chi connectivity index (χ0n) is 9.15. The lowest BCUT2D eigenvalue weighted by Gasteiger charge is -2.08. The quantitative estimate of drug-likeness (QED) is 0.876. The summed E-state index contributed by atoms with van der Waals surface area (Å²) in [5.74, 6) is -0.353. The maximum atomic E-state index is 12.0. The Labute approximate surface area is 114 Å². The molecule has 0 spiro atoms. The molecule has 0 aromatic heterocycles. The van der Waals surface area contributed by atoms with E-state index in [0.29, 0.717) is 5.69 Å². The van der Waals surface area contributed by atoms with Crippen molar-refractivity contribution in [2.24, 2.45) is 0 Å². The fourth-order valence-corrected chi connectivity index (χ4v) is 2.06. The van der Waals surface area contributed by atoms with Crippen LogP contribution in [0.4, 0.5) is 5.69 Å². The number of carbonyl (C=O) groups excluding carboxylic acids is 1. The minimum absolute atomic E-state index is 0.0676. The summed E-state index contributed by atoms with van der Waals surface area (Å²) < 4.78 is 0. The van der Waals surface area contributed by atoms with Gasteiger partial charge in [-0.1, -0.05) is 35.3 Å². The zero-order valence-corrected chi connectivity index (χ0v) is 10.7. The van der Waals surface area contributed by atoms with Crippen LogP contribution in [-0.4, -0.2) is 11.0 Å². The number of hydrogen-bond donors (Lipinski definition) is 2. The molecule has 92 valence electrons. The van der Waals surface area contributed by atoms with Gasteiger partial charge in [0.05, 0.1) is 15.6 Å². The standard InChI is InChI=1S/C13H9Cl2NO2/c14-10-5-2-6-11(15)12(10)13(18)16-8-3-1-4-9(17)7-8/h1-7,17H,(H,16,18). The first-order valence-corrected chi connectivity index (χ1v) is 5.88. The fraction of sp³-hybridized carbons (Fsp3) is 0. The first kappa shape index (κ1) is 12.7. The van der Waals surface area contributed by atoms with Crippen molar-refractivity contribution in [3.8, 4) is 5.75 Å². The third-order valence-electron chi connectivity index (χ3n) is 2.29. The molecule has 0 bridgehead atoms. The van der Waals surface area contributed by atoms with E-state index in [0.717, 1.165) is 0 Å². The zero-order chi connectivity index (χ0) is 13.1. The van der Waals surface area contributed by atoms with Crippen molar-refractivity contribution in [3.05, 3.63) is 58.1 Å². The first-order valence-electron chi connectivity index (χ1n) is 5.12. The van der Waals surface area contributed by atoms with E-state index in [1.54, 1.807) is 30.3 Å². The lowest BCUT2D eigenvalue weighted by atomic mass is 10.2. The van der Waals surface area contributed by atoms with Crippen LogP contribution in [0.5, 0.6) is 5.75 Å². The van der Waals surface area contributed by atoms with Gasteiger partial charge in [-0.3, -0.25) is 4.79 Å². The van der Waals surface area contributed by atoms with Gasteiger partial charge in [-0.15, -0.1) is 0 Å². The van der Waals surface area contributed by atoms with Crippen LogP contribution in [0.15, 0.2) is 42.5 Å². The summed E-state index contributed by atoms with van der Waals surface area (Å²) in [4.78, 5) is 12.0. The number of phenolic OH excluding ortho intramolecular Hbond substituents is 1. The molecule has 2 aromatic rings. The molecule has 0 saturated carbocycles. The van der Waals surface area contributed by atoms with Crippen molar-refractivity contribution in [1.82, 2.24) is 0 Å². The van der Waals surface area contributed by atoms with Gasteiger partial charge in [0.15, 0.2) is 0 Å². The smallest absolute Gasteiger partial charge is 0.258 e. The second-order valence-electron chi connectivity index (χ2n) is 3.60. The van der Waals surface area contributed by atoms with E-state index in [9.17, 15) is 9.90 Å². The monoisotopic (exact) mass is 281 g/mol. The van der Waals surface area contributed by atoms with E-state index in [1.807, 2.05) is 0 Å². The summed E-state index contributed by atoms with van der Waals surface area (Å²) in [6.45, 7) is 0. The van der Waals surface area contributed by atoms with Crippen LogP contribution in [0.3, 0.4) is 0 Å². The van der Waals surface area contributed by atoms with E-state index < -0.39 is 5.91 Å². The number of amides is 1. The number of benzene rings is 2. The van der Waals surface area contributed by atoms with Crippen molar-refractivity contribution < 1.29 is 9.90 Å². The van der Waals surface area contributed by atoms with Gasteiger partial charge in [0.1, 0.15) is 5.75 Å². The molecule has 0 atom stereocenters. The summed E-state index contributed by atoms with van der Waals surface area (Å²) in [6, 6.07) is 11.1. The van der Waals surface area contributed by atoms with E-state index in [1.165, 1.54) is 12.1 Å². The normalized spacial score (nSPS) is 10.1. The fourth-order valence-electron chi connectivity index (χ4n) is 1.49. The molecule has 2 N–H and O–H groups in total. The molecule has 0 unspecified atom stereocenters. The molecule has 2 aromatic carbocycles. The van der Waals surface area contributed by atoms with Crippen molar-refractivity contribution in [2.75, 3.05) is 5.32 Å². The highest BCUT2D eigenvalue weighted by atomic mass is 35.5. The van der Waals surface area contributed by atoms with Gasteiger partial charge in [0, 0.05) is 11.8 Å². The minimum Gasteiger partial charge on any atom is -0.508 e. The highest BCUT2D eigenvalue weighted by Crippen LogP contribution is 2.25. The number of hydrogen-bond acceptors (Lipinski definition) is 2. The van der Waals surface area contributed by atoms with Crippen LogP contribution in [0, 0.1) is 0 Å². The SMILES string of the molecule is O=C(Nc1cccc(O)c1)c1c(Cl)cccc1Cl. The number of phenols is 1. The van der Waals surface area contributed by atoms with E-state index in [4.69, 9.17) is 23.2 Å². The van der Waals surface area contributed by atoms with Crippen LogP contribution < -0.4 is 5.32 Å². The molecular weight excluding hydrogens is 273 g/mol. The molecule has 0 aliphatic heterocycles. The maximum Gasteiger partial charge on any atom is 0.258 e. The second-order valence-corrected chi connectivity index (χ2v) is 4.42. The molecule has 1 amide bonds. The predicted molar refractivity (Wildman–Crippen MR) is 72.5 cm³/mol. The molecule has 0 heterocycles. The largest absolute Gasteiger partial charge is 0.508 e. The van der Waals surface area contributed by atoms with E-state index in [2.05, 4.69) is 5.32 Å². The Morgan fingerprint density at radius 1 is 1.06 bits per heavy atom. The highest BCUT2D eigenvalue weighted by Gasteiger charge is 2.14. The Balaban J connectivity index is 2.28. The third-order valence-corrected chi connectivity index (χ3v) is 2.92. The maximum absolute atomic E-state index is 12.0. The average Bonchev–Trinajstić information content (AvgIpc) is 2.28. The van der Waals surface area contributed by atoms with Gasteiger partial charge in [-0.25, -0.2) is 0 Å². The molecule has 0 aliphatic rings. The molecule has 0 aliphatic carbocycles. The van der Waals surface area contributed by atoms with Crippen LogP contribution in [0.2, 0.25) is 10.0 Å². The summed E-state index contributed by atoms with van der Waals surface area (Å²) >= 11 is 11.9. The Hall–Kier alpha value is -1.71. The third kappa shape index (κ3) is 2.75. The van der Waals surface area contributed by atoms with Crippen molar-refractivity contribution in [1.29, 1.82) is 0 Å². The predicted octanol–water partition coefficient (Wildman–Crippen LogP) is 3.95. The van der Waals surface area contributed by atoms with Gasteiger partial charge < -0.3 is 10.4 Å². The Morgan fingerprint density at radius 2 is 1.67 bits per heavy atom. The molecule has 5 heteroatoms. The molecule has 0 radical (unpaired) electrons. The van der Waals surface area contributed by atoms with Crippen molar-refractivity contribution in [2.45, 2.75) is 0 Å². The lowest BCUT2D eigenvalue weighted by molar-refractivity contribution is 0.102. The van der Waals surface area contributed by atoms with E-state index in [-0.39, 0.29) is 21.4 Å². The van der Waals surface area contributed by atoms with Crippen LogP contribution in [0.25, 0.3) is 0 Å². The number of nitrogens with one attached hydrogen (secondary N) is 1. The molecule has 2 rings (SSSR count). The summed E-state index contributed by atoms with van der Waals surface area (Å²) in [7, 11) is 0.